The zero-order valence-corrected chi connectivity index (χ0v) is 13.4. The molecular formula is C16H25N3O3. The van der Waals surface area contributed by atoms with Crippen molar-refractivity contribution in [2.24, 2.45) is 5.92 Å². The summed E-state index contributed by atoms with van der Waals surface area (Å²) >= 11 is 0. The van der Waals surface area contributed by atoms with Crippen molar-refractivity contribution in [2.45, 2.75) is 51.7 Å². The van der Waals surface area contributed by atoms with E-state index in [1.165, 1.54) is 0 Å². The van der Waals surface area contributed by atoms with Crippen molar-refractivity contribution >= 4 is 12.0 Å². The van der Waals surface area contributed by atoms with Gasteiger partial charge in [-0.15, -0.1) is 0 Å². The van der Waals surface area contributed by atoms with Gasteiger partial charge in [0.2, 0.25) is 0 Å². The molecule has 1 saturated carbocycles. The van der Waals surface area contributed by atoms with Gasteiger partial charge in [0.15, 0.2) is 0 Å². The molecule has 2 atom stereocenters. The van der Waals surface area contributed by atoms with E-state index in [-0.39, 0.29) is 18.0 Å². The molecule has 1 fully saturated rings. The topological polar surface area (TPSA) is 83.2 Å². The first-order chi connectivity index (χ1) is 10.3. The third kappa shape index (κ3) is 5.09. The van der Waals surface area contributed by atoms with Gasteiger partial charge < -0.3 is 20.4 Å². The van der Waals surface area contributed by atoms with Crippen LogP contribution in [0.2, 0.25) is 0 Å². The van der Waals surface area contributed by atoms with Crippen LogP contribution in [0.15, 0.2) is 18.3 Å². The number of aromatic amines is 1. The second-order valence-electron chi connectivity index (χ2n) is 6.82. The highest BCUT2D eigenvalue weighted by molar-refractivity contribution is 5.92. The number of hydrogen-bond acceptors (Lipinski definition) is 3. The number of rotatable bonds is 4. The smallest absolute Gasteiger partial charge is 0.407 e. The van der Waals surface area contributed by atoms with Gasteiger partial charge in [-0.3, -0.25) is 4.79 Å². The van der Waals surface area contributed by atoms with Crippen LogP contribution in [0.1, 0.15) is 50.5 Å². The van der Waals surface area contributed by atoms with Gasteiger partial charge in [0.05, 0.1) is 0 Å². The van der Waals surface area contributed by atoms with Gasteiger partial charge in [-0.1, -0.05) is 0 Å². The molecule has 0 aliphatic heterocycles. The van der Waals surface area contributed by atoms with Crippen LogP contribution in [-0.4, -0.2) is 35.2 Å². The molecule has 0 bridgehead atoms. The summed E-state index contributed by atoms with van der Waals surface area (Å²) in [6.07, 6.45) is 4.14. The number of ether oxygens (including phenoxy) is 1. The molecule has 0 radical (unpaired) electrons. The molecule has 2 rings (SSSR count). The number of H-pyrrole nitrogens is 1. The Balaban J connectivity index is 1.69. The fourth-order valence-corrected chi connectivity index (χ4v) is 2.67. The number of nitrogens with one attached hydrogen (secondary N) is 3. The molecule has 1 aromatic rings. The first-order valence-corrected chi connectivity index (χ1v) is 7.74. The summed E-state index contributed by atoms with van der Waals surface area (Å²) < 4.78 is 5.26. The Hall–Kier alpha value is -1.98. The number of alkyl carbamates (subject to hydrolysis) is 1. The van der Waals surface area contributed by atoms with Gasteiger partial charge in [-0.25, -0.2) is 4.79 Å². The first-order valence-electron chi connectivity index (χ1n) is 7.74. The van der Waals surface area contributed by atoms with Crippen LogP contribution < -0.4 is 10.6 Å². The highest BCUT2D eigenvalue weighted by Crippen LogP contribution is 2.25. The van der Waals surface area contributed by atoms with E-state index in [0.29, 0.717) is 18.2 Å². The fourth-order valence-electron chi connectivity index (χ4n) is 2.67. The SMILES string of the molecule is CC(C)(C)OC(=O)N[C@@H]1CC[C@H](CNC(=O)c2ccc[nH]2)C1. The van der Waals surface area contributed by atoms with E-state index < -0.39 is 5.60 Å². The quantitative estimate of drug-likeness (QED) is 0.799. The molecule has 0 spiro atoms. The lowest BCUT2D eigenvalue weighted by atomic mass is 10.1. The maximum absolute atomic E-state index is 11.8. The van der Waals surface area contributed by atoms with E-state index >= 15 is 0 Å². The van der Waals surface area contributed by atoms with Crippen molar-refractivity contribution in [3.05, 3.63) is 24.0 Å². The van der Waals surface area contributed by atoms with Crippen LogP contribution in [0.5, 0.6) is 0 Å². The molecule has 6 heteroatoms. The maximum Gasteiger partial charge on any atom is 0.407 e. The summed E-state index contributed by atoms with van der Waals surface area (Å²) in [6, 6.07) is 3.67. The van der Waals surface area contributed by atoms with Gasteiger partial charge in [0.1, 0.15) is 11.3 Å². The standard InChI is InChI=1S/C16H25N3O3/c1-16(2,3)22-15(21)19-12-7-6-11(9-12)10-18-14(20)13-5-4-8-17-13/h4-5,8,11-12,17H,6-7,9-10H2,1-3H3,(H,18,20)(H,19,21)/t11-,12+/m0/s1. The first kappa shape index (κ1) is 16.4. The number of hydrogen-bond donors (Lipinski definition) is 3. The third-order valence-corrected chi connectivity index (χ3v) is 3.66. The van der Waals surface area contributed by atoms with E-state index in [0.717, 1.165) is 19.3 Å². The lowest BCUT2D eigenvalue weighted by Crippen LogP contribution is -2.38. The predicted octanol–water partition coefficient (Wildman–Crippen LogP) is 2.44. The molecule has 3 N–H and O–H groups in total. The molecular weight excluding hydrogens is 282 g/mol. The highest BCUT2D eigenvalue weighted by atomic mass is 16.6. The Morgan fingerprint density at radius 1 is 1.36 bits per heavy atom. The Bertz CT molecular complexity index is 505. The summed E-state index contributed by atoms with van der Waals surface area (Å²) in [6.45, 7) is 6.17. The van der Waals surface area contributed by atoms with Crippen LogP contribution in [-0.2, 0) is 4.74 Å². The lowest BCUT2D eigenvalue weighted by molar-refractivity contribution is 0.0504. The van der Waals surface area contributed by atoms with E-state index in [1.54, 1.807) is 18.3 Å². The average molecular weight is 307 g/mol. The predicted molar refractivity (Wildman–Crippen MR) is 83.6 cm³/mol. The molecule has 6 nitrogen and oxygen atoms in total. The summed E-state index contributed by atoms with van der Waals surface area (Å²) in [5, 5.41) is 5.83. The molecule has 1 aromatic heterocycles. The second kappa shape index (κ2) is 6.85. The summed E-state index contributed by atoms with van der Waals surface area (Å²) in [7, 11) is 0. The minimum absolute atomic E-state index is 0.0893. The summed E-state index contributed by atoms with van der Waals surface area (Å²) in [5.74, 6) is 0.299. The molecule has 2 amide bonds. The van der Waals surface area contributed by atoms with Gasteiger partial charge in [-0.05, 0) is 58.1 Å². The van der Waals surface area contributed by atoms with Crippen molar-refractivity contribution in [3.8, 4) is 0 Å². The van der Waals surface area contributed by atoms with Crippen molar-refractivity contribution < 1.29 is 14.3 Å². The minimum atomic E-state index is -0.480. The molecule has 1 aliphatic carbocycles. The van der Waals surface area contributed by atoms with Crippen LogP contribution in [0.25, 0.3) is 0 Å². The molecule has 0 unspecified atom stereocenters. The molecule has 122 valence electrons. The van der Waals surface area contributed by atoms with Crippen LogP contribution >= 0.6 is 0 Å². The van der Waals surface area contributed by atoms with Crippen LogP contribution in [0, 0.1) is 5.92 Å². The maximum atomic E-state index is 11.8. The molecule has 0 aromatic carbocycles. The monoisotopic (exact) mass is 307 g/mol. The average Bonchev–Trinajstić information content (AvgIpc) is 3.04. The van der Waals surface area contributed by atoms with E-state index in [1.807, 2.05) is 20.8 Å². The molecule has 1 heterocycles. The van der Waals surface area contributed by atoms with Gasteiger partial charge >= 0.3 is 6.09 Å². The highest BCUT2D eigenvalue weighted by Gasteiger charge is 2.27. The Morgan fingerprint density at radius 2 is 2.14 bits per heavy atom. The van der Waals surface area contributed by atoms with Crippen LogP contribution in [0.3, 0.4) is 0 Å². The number of carbonyl (C=O) groups excluding carboxylic acids is 2. The summed E-state index contributed by atoms with van der Waals surface area (Å²) in [5.41, 5.74) is 0.0907. The van der Waals surface area contributed by atoms with Gasteiger partial charge in [0.25, 0.3) is 5.91 Å². The van der Waals surface area contributed by atoms with Crippen molar-refractivity contribution in [3.63, 3.8) is 0 Å². The molecule has 0 saturated heterocycles. The van der Waals surface area contributed by atoms with E-state index in [4.69, 9.17) is 4.74 Å². The Kier molecular flexibility index (Phi) is 5.11. The summed E-state index contributed by atoms with van der Waals surface area (Å²) in [4.78, 5) is 26.5. The Labute approximate surface area is 131 Å². The zero-order chi connectivity index (χ0) is 16.2. The molecule has 1 aliphatic rings. The zero-order valence-electron chi connectivity index (χ0n) is 13.4. The number of aromatic nitrogens is 1. The van der Waals surface area contributed by atoms with Crippen molar-refractivity contribution in [1.29, 1.82) is 0 Å². The largest absolute Gasteiger partial charge is 0.444 e. The second-order valence-corrected chi connectivity index (χ2v) is 6.82. The van der Waals surface area contributed by atoms with E-state index in [2.05, 4.69) is 15.6 Å². The van der Waals surface area contributed by atoms with Crippen molar-refractivity contribution in [1.82, 2.24) is 15.6 Å². The number of amides is 2. The number of carbonyl (C=O) groups is 2. The fraction of sp³-hybridized carbons (Fsp3) is 0.625. The lowest BCUT2D eigenvalue weighted by Gasteiger charge is -2.21. The minimum Gasteiger partial charge on any atom is -0.444 e. The van der Waals surface area contributed by atoms with Crippen molar-refractivity contribution in [2.75, 3.05) is 6.54 Å². The van der Waals surface area contributed by atoms with Crippen LogP contribution in [0.4, 0.5) is 4.79 Å². The van der Waals surface area contributed by atoms with E-state index in [9.17, 15) is 9.59 Å². The Morgan fingerprint density at radius 3 is 2.77 bits per heavy atom. The third-order valence-electron chi connectivity index (χ3n) is 3.66. The van der Waals surface area contributed by atoms with Gasteiger partial charge in [0, 0.05) is 18.8 Å². The van der Waals surface area contributed by atoms with Gasteiger partial charge in [-0.2, -0.15) is 0 Å². The molecule has 22 heavy (non-hydrogen) atoms. The normalized spacial score (nSPS) is 21.4.